The first-order valence-corrected chi connectivity index (χ1v) is 8.48. The smallest absolute Gasteiger partial charge is 0.262 e. The van der Waals surface area contributed by atoms with Gasteiger partial charge in [0.25, 0.3) is 11.8 Å². The molecule has 6 nitrogen and oxygen atoms in total. The van der Waals surface area contributed by atoms with Crippen molar-refractivity contribution >= 4 is 30.1 Å². The maximum absolute atomic E-state index is 12.8. The minimum Gasteiger partial charge on any atom is -0.350 e. The number of hydrogen-bond acceptors (Lipinski definition) is 4. The van der Waals surface area contributed by atoms with Crippen molar-refractivity contribution < 1.29 is 14.4 Å². The van der Waals surface area contributed by atoms with E-state index in [1.807, 2.05) is 13.8 Å². The van der Waals surface area contributed by atoms with E-state index in [4.69, 9.17) is 0 Å². The molecule has 25 heavy (non-hydrogen) atoms. The third-order valence-electron chi connectivity index (χ3n) is 4.65. The van der Waals surface area contributed by atoms with Crippen LogP contribution in [0.1, 0.15) is 47.4 Å². The standard InChI is InChI=1S/C18H23N3O3.ClH/c1-11(2)15(16(22)20-12-6-5-9-19-10-12)21-17(23)13-7-3-4-8-14(13)18(21)24;/h3-4,7-8,11-12,15,19H,5-6,9-10H2,1-2H3,(H,20,22);1H. The van der Waals surface area contributed by atoms with E-state index in [0.717, 1.165) is 30.8 Å². The Balaban J connectivity index is 0.00000225. The number of nitrogens with zero attached hydrogens (tertiary/aromatic N) is 1. The van der Waals surface area contributed by atoms with Crippen molar-refractivity contribution in [2.75, 3.05) is 13.1 Å². The zero-order valence-electron chi connectivity index (χ0n) is 14.5. The summed E-state index contributed by atoms with van der Waals surface area (Å²) >= 11 is 0. The molecular weight excluding hydrogens is 342 g/mol. The first kappa shape index (κ1) is 19.4. The van der Waals surface area contributed by atoms with Gasteiger partial charge < -0.3 is 10.6 Å². The summed E-state index contributed by atoms with van der Waals surface area (Å²) < 4.78 is 0. The average Bonchev–Trinajstić information content (AvgIpc) is 2.81. The van der Waals surface area contributed by atoms with E-state index in [1.54, 1.807) is 24.3 Å². The second-order valence-corrected chi connectivity index (χ2v) is 6.77. The Morgan fingerprint density at radius 1 is 1.20 bits per heavy atom. The molecule has 2 N–H and O–H groups in total. The molecule has 3 rings (SSSR count). The Hall–Kier alpha value is -1.92. The number of nitrogens with one attached hydrogen (secondary N) is 2. The van der Waals surface area contributed by atoms with Crippen LogP contribution in [0.3, 0.4) is 0 Å². The number of amides is 3. The number of carbonyl (C=O) groups is 3. The van der Waals surface area contributed by atoms with E-state index < -0.39 is 6.04 Å². The second kappa shape index (κ2) is 7.97. The number of hydrogen-bond donors (Lipinski definition) is 2. The van der Waals surface area contributed by atoms with Gasteiger partial charge in [-0.3, -0.25) is 19.3 Å². The summed E-state index contributed by atoms with van der Waals surface area (Å²) in [4.78, 5) is 39.2. The van der Waals surface area contributed by atoms with E-state index in [-0.39, 0.29) is 42.1 Å². The fourth-order valence-corrected chi connectivity index (χ4v) is 3.44. The Bertz CT molecular complexity index is 636. The van der Waals surface area contributed by atoms with Crippen molar-refractivity contribution in [2.45, 2.75) is 38.8 Å². The van der Waals surface area contributed by atoms with Crippen LogP contribution in [0.4, 0.5) is 0 Å². The molecule has 2 heterocycles. The lowest BCUT2D eigenvalue weighted by Gasteiger charge is -2.31. The minimum absolute atomic E-state index is 0. The van der Waals surface area contributed by atoms with Gasteiger partial charge in [0.05, 0.1) is 11.1 Å². The van der Waals surface area contributed by atoms with Crippen LogP contribution >= 0.6 is 12.4 Å². The van der Waals surface area contributed by atoms with Crippen molar-refractivity contribution in [1.82, 2.24) is 15.5 Å². The van der Waals surface area contributed by atoms with Gasteiger partial charge in [-0.1, -0.05) is 26.0 Å². The molecule has 0 saturated carbocycles. The van der Waals surface area contributed by atoms with Crippen LogP contribution in [-0.2, 0) is 4.79 Å². The maximum Gasteiger partial charge on any atom is 0.262 e. The normalized spacial score (nSPS) is 20.9. The largest absolute Gasteiger partial charge is 0.350 e. The molecule has 2 aliphatic heterocycles. The van der Waals surface area contributed by atoms with E-state index in [2.05, 4.69) is 10.6 Å². The number of benzene rings is 1. The highest BCUT2D eigenvalue weighted by molar-refractivity contribution is 6.22. The number of carbonyl (C=O) groups excluding carboxylic acids is 3. The molecule has 2 aliphatic rings. The SMILES string of the molecule is CC(C)C(C(=O)NC1CCCNC1)N1C(=O)c2ccccc2C1=O.Cl. The van der Waals surface area contributed by atoms with Gasteiger partial charge in [0.1, 0.15) is 6.04 Å². The van der Waals surface area contributed by atoms with Gasteiger partial charge in [-0.15, -0.1) is 12.4 Å². The highest BCUT2D eigenvalue weighted by Crippen LogP contribution is 2.27. The molecule has 1 saturated heterocycles. The lowest BCUT2D eigenvalue weighted by Crippen LogP contribution is -2.56. The number of halogens is 1. The van der Waals surface area contributed by atoms with Gasteiger partial charge in [-0.2, -0.15) is 0 Å². The summed E-state index contributed by atoms with van der Waals surface area (Å²) in [5.74, 6) is -1.19. The van der Waals surface area contributed by atoms with E-state index in [0.29, 0.717) is 11.1 Å². The molecular formula is C18H24ClN3O3. The highest BCUT2D eigenvalue weighted by Gasteiger charge is 2.44. The van der Waals surface area contributed by atoms with Gasteiger partial charge in [-0.05, 0) is 37.4 Å². The molecule has 0 radical (unpaired) electrons. The maximum atomic E-state index is 12.8. The molecule has 1 aromatic carbocycles. The molecule has 2 unspecified atom stereocenters. The zero-order valence-corrected chi connectivity index (χ0v) is 15.3. The topological polar surface area (TPSA) is 78.5 Å². The van der Waals surface area contributed by atoms with Crippen molar-refractivity contribution in [3.63, 3.8) is 0 Å². The zero-order chi connectivity index (χ0) is 17.3. The molecule has 0 spiro atoms. The summed E-state index contributed by atoms with van der Waals surface area (Å²) in [6.45, 7) is 5.39. The summed E-state index contributed by atoms with van der Waals surface area (Å²) in [7, 11) is 0. The van der Waals surface area contributed by atoms with Crippen LogP contribution in [0, 0.1) is 5.92 Å². The summed E-state index contributed by atoms with van der Waals surface area (Å²) in [5.41, 5.74) is 0.751. The molecule has 7 heteroatoms. The second-order valence-electron chi connectivity index (χ2n) is 6.77. The molecule has 0 bridgehead atoms. The predicted molar refractivity (Wildman–Crippen MR) is 96.9 cm³/mol. The number of piperidine rings is 1. The van der Waals surface area contributed by atoms with Crippen LogP contribution in [0.25, 0.3) is 0 Å². The van der Waals surface area contributed by atoms with Gasteiger partial charge in [0, 0.05) is 12.6 Å². The first-order valence-electron chi connectivity index (χ1n) is 8.48. The predicted octanol–water partition coefficient (Wildman–Crippen LogP) is 1.60. The minimum atomic E-state index is -0.792. The van der Waals surface area contributed by atoms with Crippen LogP contribution in [0.2, 0.25) is 0 Å². The van der Waals surface area contributed by atoms with Gasteiger partial charge in [-0.25, -0.2) is 0 Å². The van der Waals surface area contributed by atoms with Crippen LogP contribution in [-0.4, -0.2) is 47.8 Å². The van der Waals surface area contributed by atoms with E-state index in [1.165, 1.54) is 0 Å². The van der Waals surface area contributed by atoms with Gasteiger partial charge in [0.2, 0.25) is 5.91 Å². The molecule has 1 aromatic rings. The Labute approximate surface area is 153 Å². The van der Waals surface area contributed by atoms with Crippen LogP contribution in [0.5, 0.6) is 0 Å². The van der Waals surface area contributed by atoms with Crippen molar-refractivity contribution in [2.24, 2.45) is 5.92 Å². The molecule has 2 atom stereocenters. The summed E-state index contributed by atoms with van der Waals surface area (Å²) in [5, 5.41) is 6.24. The average molecular weight is 366 g/mol. The Morgan fingerprint density at radius 3 is 2.28 bits per heavy atom. The molecule has 136 valence electrons. The van der Waals surface area contributed by atoms with Gasteiger partial charge in [0.15, 0.2) is 0 Å². The molecule has 0 aromatic heterocycles. The quantitative estimate of drug-likeness (QED) is 0.794. The molecule has 3 amide bonds. The summed E-state index contributed by atoms with van der Waals surface area (Å²) in [6, 6.07) is 5.98. The first-order chi connectivity index (χ1) is 11.5. The molecule has 1 fully saturated rings. The van der Waals surface area contributed by atoms with Crippen LogP contribution in [0.15, 0.2) is 24.3 Å². The van der Waals surface area contributed by atoms with Crippen LogP contribution < -0.4 is 10.6 Å². The van der Waals surface area contributed by atoms with Gasteiger partial charge >= 0.3 is 0 Å². The number of rotatable bonds is 4. The highest BCUT2D eigenvalue weighted by atomic mass is 35.5. The third kappa shape index (κ3) is 3.70. The van der Waals surface area contributed by atoms with E-state index in [9.17, 15) is 14.4 Å². The Morgan fingerprint density at radius 2 is 1.80 bits per heavy atom. The molecule has 0 aliphatic carbocycles. The van der Waals surface area contributed by atoms with E-state index >= 15 is 0 Å². The fraction of sp³-hybridized carbons (Fsp3) is 0.500. The fourth-order valence-electron chi connectivity index (χ4n) is 3.44. The number of fused-ring (bicyclic) bond motifs is 1. The lowest BCUT2D eigenvalue weighted by molar-refractivity contribution is -0.127. The van der Waals surface area contributed by atoms with Crippen molar-refractivity contribution in [3.05, 3.63) is 35.4 Å². The van der Waals surface area contributed by atoms with Crippen molar-refractivity contribution in [3.8, 4) is 0 Å². The summed E-state index contributed by atoms with van der Waals surface area (Å²) in [6.07, 6.45) is 1.91. The Kier molecular flexibility index (Phi) is 6.19. The monoisotopic (exact) mass is 365 g/mol. The van der Waals surface area contributed by atoms with Crippen molar-refractivity contribution in [1.29, 1.82) is 0 Å². The number of imide groups is 1. The lowest BCUT2D eigenvalue weighted by atomic mass is 10.00. The third-order valence-corrected chi connectivity index (χ3v) is 4.65.